The van der Waals surface area contributed by atoms with Crippen molar-refractivity contribution in [1.82, 2.24) is 43.3 Å². The van der Waals surface area contributed by atoms with Crippen LogP contribution in [0.2, 0.25) is 0 Å². The number of nitrogens with zero attached hydrogens (tertiary/aromatic N) is 7. The Bertz CT molecular complexity index is 2200. The molecule has 0 amide bonds. The van der Waals surface area contributed by atoms with Crippen molar-refractivity contribution in [3.8, 4) is 0 Å². The number of nitrogen functional groups attached to an aromatic ring is 2. The minimum Gasteiger partial charge on any atom is -0.394 e. The van der Waals surface area contributed by atoms with Gasteiger partial charge in [-0.15, -0.1) is 0 Å². The predicted molar refractivity (Wildman–Crippen MR) is 196 cm³/mol. The molecule has 0 spiro atoms. The third-order valence-corrected chi connectivity index (χ3v) is 13.3. The van der Waals surface area contributed by atoms with Crippen molar-refractivity contribution >= 4 is 26.7 Å². The number of nitrogens with two attached hydrogens (primary N) is 2. The number of ether oxygens (including phenoxy) is 3. The lowest BCUT2D eigenvalue weighted by Gasteiger charge is -2.42. The van der Waals surface area contributed by atoms with Gasteiger partial charge in [-0.2, -0.15) is 9.97 Å². The summed E-state index contributed by atoms with van der Waals surface area (Å²) in [6.45, 7) is 3.81. The number of aryl methyl sites for hydroxylation is 1. The van der Waals surface area contributed by atoms with E-state index in [0.717, 1.165) is 4.57 Å². The van der Waals surface area contributed by atoms with E-state index in [1.165, 1.54) is 69.5 Å². The summed E-state index contributed by atoms with van der Waals surface area (Å²) in [7, 11) is -7.40. The first kappa shape index (κ1) is 40.8. The molecular formula is C30H45N11O12P2. The van der Waals surface area contributed by atoms with E-state index in [2.05, 4.69) is 20.3 Å². The maximum atomic E-state index is 14.3. The summed E-state index contributed by atoms with van der Waals surface area (Å²) in [4.78, 5) is 59.8. The fraction of sp³-hybridized carbons (Fsp3) is 0.600. The standard InChI is InChI=1S/C30H45N11O12P2/c1-18-10-41(30(46)36-27(18)43)26-14-38(55(3,48)49-16-19-8-33-9-24(51-19)39-6-4-22(31)34-28(39)44)12-21(53-26)17-50-54(2,47)37-11-20(15-42)52-25(13-37)40-7-5-23(32)35-29(40)45/h4-7,10,19-21,24-26,33,42H,8-9,11-17H2,1-3H3,(H2,31,34,44)(H2,32,35,45)(H,36,43,46). The molecule has 3 saturated heterocycles. The molecule has 6 rings (SSSR count). The highest BCUT2D eigenvalue weighted by atomic mass is 31.2. The number of nitrogens with one attached hydrogen (secondary N) is 2. The predicted octanol–water partition coefficient (Wildman–Crippen LogP) is -1.92. The lowest BCUT2D eigenvalue weighted by molar-refractivity contribution is -0.127. The van der Waals surface area contributed by atoms with E-state index in [0.29, 0.717) is 13.1 Å². The lowest BCUT2D eigenvalue weighted by atomic mass is 10.3. The molecule has 23 nitrogen and oxygen atoms in total. The van der Waals surface area contributed by atoms with Gasteiger partial charge in [-0.1, -0.05) is 0 Å². The highest BCUT2D eigenvalue weighted by molar-refractivity contribution is 7.55. The van der Waals surface area contributed by atoms with E-state index < -0.39 is 81.3 Å². The summed E-state index contributed by atoms with van der Waals surface area (Å²) in [5.74, 6) is 0.0805. The van der Waals surface area contributed by atoms with Crippen LogP contribution in [-0.2, 0) is 32.4 Å². The number of aliphatic hydroxyl groups excluding tert-OH is 1. The van der Waals surface area contributed by atoms with Gasteiger partial charge >= 0.3 is 17.1 Å². The second-order valence-corrected chi connectivity index (χ2v) is 18.3. The highest BCUT2D eigenvalue weighted by Crippen LogP contribution is 2.52. The number of hydrogen-bond donors (Lipinski definition) is 5. The number of aromatic nitrogens is 6. The summed E-state index contributed by atoms with van der Waals surface area (Å²) in [6, 6.07) is 2.88. The van der Waals surface area contributed by atoms with Crippen LogP contribution in [-0.4, -0.2) is 134 Å². The minimum absolute atomic E-state index is 0.00465. The van der Waals surface area contributed by atoms with Crippen LogP contribution in [0, 0.1) is 6.92 Å². The van der Waals surface area contributed by atoms with Crippen LogP contribution in [0.25, 0.3) is 0 Å². The topological polar surface area (TPSA) is 296 Å². The van der Waals surface area contributed by atoms with Gasteiger partial charge in [-0.05, 0) is 19.1 Å². The smallest absolute Gasteiger partial charge is 0.351 e. The molecular weight excluding hydrogens is 768 g/mol. The van der Waals surface area contributed by atoms with Crippen LogP contribution < -0.4 is 39.4 Å². The fourth-order valence-corrected chi connectivity index (χ4v) is 9.38. The zero-order chi connectivity index (χ0) is 39.7. The Hall–Kier alpha value is -3.86. The number of aliphatic hydroxyl groups is 1. The van der Waals surface area contributed by atoms with Gasteiger partial charge in [0.25, 0.3) is 20.6 Å². The molecule has 8 atom stereocenters. The average Bonchev–Trinajstić information content (AvgIpc) is 3.14. The lowest BCUT2D eigenvalue weighted by Crippen LogP contribution is -2.50. The minimum atomic E-state index is -3.70. The Labute approximate surface area is 313 Å². The molecule has 55 heavy (non-hydrogen) atoms. The van der Waals surface area contributed by atoms with Crippen LogP contribution >= 0.6 is 15.0 Å². The molecule has 25 heteroatoms. The van der Waals surface area contributed by atoms with Crippen molar-refractivity contribution < 1.29 is 37.5 Å². The zero-order valence-electron chi connectivity index (χ0n) is 30.3. The van der Waals surface area contributed by atoms with Gasteiger partial charge in [0, 0.05) is 63.7 Å². The maximum Gasteiger partial charge on any atom is 0.351 e. The molecule has 3 aromatic heterocycles. The van der Waals surface area contributed by atoms with E-state index in [4.69, 9.17) is 34.7 Å². The van der Waals surface area contributed by atoms with Gasteiger partial charge in [0.2, 0.25) is 0 Å². The largest absolute Gasteiger partial charge is 0.394 e. The van der Waals surface area contributed by atoms with E-state index in [1.807, 2.05) is 0 Å². The fourth-order valence-electron chi connectivity index (χ4n) is 6.33. The molecule has 0 radical (unpaired) electrons. The Morgan fingerprint density at radius 2 is 1.29 bits per heavy atom. The number of aromatic amines is 1. The summed E-state index contributed by atoms with van der Waals surface area (Å²) in [6.07, 6.45) is -0.990. The van der Waals surface area contributed by atoms with Crippen LogP contribution in [0.4, 0.5) is 11.6 Å². The Morgan fingerprint density at radius 1 is 0.782 bits per heavy atom. The Kier molecular flexibility index (Phi) is 12.4. The van der Waals surface area contributed by atoms with E-state index in [1.54, 1.807) is 0 Å². The van der Waals surface area contributed by atoms with Gasteiger partial charge < -0.3 is 45.1 Å². The first-order valence-electron chi connectivity index (χ1n) is 17.3. The molecule has 8 unspecified atom stereocenters. The Balaban J connectivity index is 1.17. The summed E-state index contributed by atoms with van der Waals surface area (Å²) < 4.78 is 65.2. The normalized spacial score (nSPS) is 27.6. The zero-order valence-corrected chi connectivity index (χ0v) is 32.1. The first-order valence-corrected chi connectivity index (χ1v) is 21.3. The molecule has 3 aliphatic rings. The van der Waals surface area contributed by atoms with Crippen molar-refractivity contribution in [1.29, 1.82) is 0 Å². The molecule has 3 aliphatic heterocycles. The van der Waals surface area contributed by atoms with Crippen LogP contribution in [0.3, 0.4) is 0 Å². The SMILES string of the molecule is Cc1cn(C2CN(P(C)(=O)OCC3CNCC(n4ccc(N)nc4=O)O3)CC(COP(C)(=O)N3CC(CO)OC(n4ccc(N)nc4=O)C3)O2)c(=O)[nH]c1=O. The average molecular weight is 814 g/mol. The molecule has 6 heterocycles. The van der Waals surface area contributed by atoms with E-state index in [-0.39, 0.29) is 56.6 Å². The quantitative estimate of drug-likeness (QED) is 0.125. The molecule has 302 valence electrons. The van der Waals surface area contributed by atoms with Crippen molar-refractivity contribution in [3.63, 3.8) is 0 Å². The van der Waals surface area contributed by atoms with Gasteiger partial charge in [-0.3, -0.25) is 32.6 Å². The molecule has 7 N–H and O–H groups in total. The van der Waals surface area contributed by atoms with E-state index >= 15 is 0 Å². The van der Waals surface area contributed by atoms with Crippen molar-refractivity contribution in [2.75, 3.05) is 83.9 Å². The van der Waals surface area contributed by atoms with Gasteiger partial charge in [0.1, 0.15) is 11.6 Å². The van der Waals surface area contributed by atoms with Crippen LogP contribution in [0.15, 0.2) is 49.9 Å². The number of anilines is 2. The molecule has 0 saturated carbocycles. The third kappa shape index (κ3) is 9.58. The molecule has 0 aliphatic carbocycles. The van der Waals surface area contributed by atoms with Crippen molar-refractivity contribution in [2.24, 2.45) is 0 Å². The summed E-state index contributed by atoms with van der Waals surface area (Å²) in [5.41, 5.74) is 8.83. The number of morpholine rings is 3. The Morgan fingerprint density at radius 3 is 1.87 bits per heavy atom. The second-order valence-electron chi connectivity index (χ2n) is 13.5. The summed E-state index contributed by atoms with van der Waals surface area (Å²) in [5, 5.41) is 13.1. The number of rotatable bonds is 12. The highest BCUT2D eigenvalue weighted by Gasteiger charge is 2.42. The van der Waals surface area contributed by atoms with Gasteiger partial charge in [-0.25, -0.2) is 23.7 Å². The summed E-state index contributed by atoms with van der Waals surface area (Å²) >= 11 is 0. The van der Waals surface area contributed by atoms with Gasteiger partial charge in [0.15, 0.2) is 18.7 Å². The monoisotopic (exact) mass is 813 g/mol. The van der Waals surface area contributed by atoms with E-state index in [9.17, 15) is 33.4 Å². The molecule has 0 bridgehead atoms. The first-order chi connectivity index (χ1) is 26.0. The van der Waals surface area contributed by atoms with Crippen LogP contribution in [0.1, 0.15) is 24.2 Å². The molecule has 3 fully saturated rings. The van der Waals surface area contributed by atoms with Crippen molar-refractivity contribution in [3.05, 3.63) is 78.1 Å². The number of H-pyrrole nitrogens is 1. The van der Waals surface area contributed by atoms with Crippen LogP contribution in [0.5, 0.6) is 0 Å². The molecule has 0 aromatic carbocycles. The second kappa shape index (κ2) is 16.7. The maximum absolute atomic E-state index is 14.3. The molecule has 3 aromatic rings. The van der Waals surface area contributed by atoms with Crippen molar-refractivity contribution in [2.45, 2.75) is 43.9 Å². The third-order valence-electron chi connectivity index (χ3n) is 9.31. The van der Waals surface area contributed by atoms with Gasteiger partial charge in [0.05, 0.1) is 51.2 Å². The number of hydrogen-bond acceptors (Lipinski definition) is 17.